The molecule has 0 spiro atoms. The summed E-state index contributed by atoms with van der Waals surface area (Å²) in [6, 6.07) is 5.47. The fourth-order valence-corrected chi connectivity index (χ4v) is 1.81. The van der Waals surface area contributed by atoms with E-state index in [4.69, 9.17) is 4.42 Å². The molecule has 16 heavy (non-hydrogen) atoms. The molecule has 0 unspecified atom stereocenters. The molecule has 1 aromatic carbocycles. The lowest BCUT2D eigenvalue weighted by molar-refractivity contribution is 0.555. The largest absolute Gasteiger partial charge is 0.417 e. The summed E-state index contributed by atoms with van der Waals surface area (Å²) < 4.78 is 4.92. The van der Waals surface area contributed by atoms with E-state index in [9.17, 15) is 4.79 Å². The maximum absolute atomic E-state index is 11.0. The Morgan fingerprint density at radius 2 is 2.06 bits per heavy atom. The maximum Gasteiger partial charge on any atom is 0.417 e. The number of aromatic nitrogens is 1. The van der Waals surface area contributed by atoms with Crippen LogP contribution in [0.1, 0.15) is 5.56 Å². The molecule has 0 radical (unpaired) electrons. The summed E-state index contributed by atoms with van der Waals surface area (Å²) in [5.41, 5.74) is 5.46. The van der Waals surface area contributed by atoms with Gasteiger partial charge in [0.25, 0.3) is 0 Å². The highest BCUT2D eigenvalue weighted by molar-refractivity contribution is 6.83. The van der Waals surface area contributed by atoms with Gasteiger partial charge in [-0.15, -0.1) is 5.54 Å². The second kappa shape index (κ2) is 3.69. The quantitative estimate of drug-likeness (QED) is 0.559. The van der Waals surface area contributed by atoms with Crippen molar-refractivity contribution < 1.29 is 4.42 Å². The van der Waals surface area contributed by atoms with Crippen LogP contribution in [0.15, 0.2) is 27.4 Å². The van der Waals surface area contributed by atoms with E-state index in [-0.39, 0.29) is 0 Å². The van der Waals surface area contributed by atoms with Crippen molar-refractivity contribution in [2.45, 2.75) is 19.6 Å². The Kier molecular flexibility index (Phi) is 2.48. The average Bonchev–Trinajstić information content (AvgIpc) is 2.52. The van der Waals surface area contributed by atoms with Gasteiger partial charge in [0.1, 0.15) is 8.07 Å². The monoisotopic (exact) mass is 231 g/mol. The first-order valence-electron chi connectivity index (χ1n) is 5.10. The number of rotatable bonds is 0. The summed E-state index contributed by atoms with van der Waals surface area (Å²) in [6.07, 6.45) is 0. The summed E-state index contributed by atoms with van der Waals surface area (Å²) >= 11 is 0. The zero-order valence-electron chi connectivity index (χ0n) is 9.55. The lowest BCUT2D eigenvalue weighted by Gasteiger charge is -2.03. The Hall–Kier alpha value is -1.73. The summed E-state index contributed by atoms with van der Waals surface area (Å²) in [5, 5.41) is 0. The molecule has 0 aliphatic rings. The molecule has 0 bridgehead atoms. The van der Waals surface area contributed by atoms with E-state index in [1.165, 1.54) is 0 Å². The van der Waals surface area contributed by atoms with Gasteiger partial charge in [-0.05, 0) is 18.2 Å². The molecule has 82 valence electrons. The van der Waals surface area contributed by atoms with Crippen LogP contribution in [0.3, 0.4) is 0 Å². The molecule has 0 aliphatic carbocycles. The third-order valence-corrected chi connectivity index (χ3v) is 2.88. The van der Waals surface area contributed by atoms with Crippen LogP contribution in [-0.4, -0.2) is 13.1 Å². The highest BCUT2D eigenvalue weighted by Crippen LogP contribution is 2.11. The number of hydrogen-bond acceptors (Lipinski definition) is 2. The smallest absolute Gasteiger partial charge is 0.408 e. The normalized spacial score (nSPS) is 11.2. The van der Waals surface area contributed by atoms with Crippen LogP contribution < -0.4 is 5.76 Å². The van der Waals surface area contributed by atoms with Crippen molar-refractivity contribution in [1.82, 2.24) is 4.98 Å². The predicted octanol–water partition coefficient (Wildman–Crippen LogP) is 2.35. The predicted molar refractivity (Wildman–Crippen MR) is 67.1 cm³/mol. The summed E-state index contributed by atoms with van der Waals surface area (Å²) in [6.45, 7) is 6.58. The van der Waals surface area contributed by atoms with E-state index in [1.54, 1.807) is 6.07 Å². The van der Waals surface area contributed by atoms with Crippen LogP contribution >= 0.6 is 0 Å². The number of oxazole rings is 1. The van der Waals surface area contributed by atoms with Gasteiger partial charge in [0, 0.05) is 5.56 Å². The molecule has 2 rings (SSSR count). The molecule has 0 fully saturated rings. The first-order chi connectivity index (χ1) is 7.44. The number of aromatic amines is 1. The van der Waals surface area contributed by atoms with Gasteiger partial charge in [-0.25, -0.2) is 4.79 Å². The van der Waals surface area contributed by atoms with E-state index in [1.807, 2.05) is 12.1 Å². The fraction of sp³-hybridized carbons (Fsp3) is 0.250. The first-order valence-corrected chi connectivity index (χ1v) is 8.60. The lowest BCUT2D eigenvalue weighted by atomic mass is 10.2. The molecule has 0 atom stereocenters. The molecule has 4 heteroatoms. The van der Waals surface area contributed by atoms with E-state index >= 15 is 0 Å². The summed E-state index contributed by atoms with van der Waals surface area (Å²) in [4.78, 5) is 13.6. The van der Waals surface area contributed by atoms with Crippen molar-refractivity contribution in [2.75, 3.05) is 0 Å². The van der Waals surface area contributed by atoms with Gasteiger partial charge in [-0.1, -0.05) is 25.6 Å². The van der Waals surface area contributed by atoms with Gasteiger partial charge in [-0.2, -0.15) is 0 Å². The number of fused-ring (bicyclic) bond motifs is 1. The van der Waals surface area contributed by atoms with Gasteiger partial charge in [0.15, 0.2) is 5.58 Å². The van der Waals surface area contributed by atoms with Crippen LogP contribution in [0.25, 0.3) is 11.1 Å². The van der Waals surface area contributed by atoms with Crippen LogP contribution in [0, 0.1) is 11.5 Å². The Balaban J connectivity index is 2.46. The van der Waals surface area contributed by atoms with Crippen molar-refractivity contribution in [1.29, 1.82) is 0 Å². The third kappa shape index (κ3) is 2.44. The highest BCUT2D eigenvalue weighted by Gasteiger charge is 2.07. The Morgan fingerprint density at radius 3 is 2.75 bits per heavy atom. The van der Waals surface area contributed by atoms with Crippen molar-refractivity contribution in [2.24, 2.45) is 0 Å². The molecular weight excluding hydrogens is 218 g/mol. The zero-order chi connectivity index (χ0) is 11.8. The summed E-state index contributed by atoms with van der Waals surface area (Å²) in [5.74, 6) is 2.71. The van der Waals surface area contributed by atoms with Crippen molar-refractivity contribution in [3.63, 3.8) is 0 Å². The van der Waals surface area contributed by atoms with Crippen LogP contribution in [0.5, 0.6) is 0 Å². The van der Waals surface area contributed by atoms with Crippen LogP contribution in [-0.2, 0) is 0 Å². The zero-order valence-corrected chi connectivity index (χ0v) is 10.5. The third-order valence-electron chi connectivity index (χ3n) is 2.00. The minimum atomic E-state index is -1.36. The van der Waals surface area contributed by atoms with Crippen LogP contribution in [0.4, 0.5) is 0 Å². The van der Waals surface area contributed by atoms with Gasteiger partial charge >= 0.3 is 5.76 Å². The number of H-pyrrole nitrogens is 1. The molecule has 0 saturated carbocycles. The fourth-order valence-electron chi connectivity index (χ4n) is 1.29. The molecule has 1 N–H and O–H groups in total. The molecule has 2 aromatic rings. The molecule has 1 aromatic heterocycles. The Labute approximate surface area is 94.5 Å². The SMILES string of the molecule is C[Si](C)(C)C#Cc1ccc2oc(=O)[nH]c2c1. The number of nitrogens with one attached hydrogen (secondary N) is 1. The van der Waals surface area contributed by atoms with Crippen LogP contribution in [0.2, 0.25) is 19.6 Å². The lowest BCUT2D eigenvalue weighted by Crippen LogP contribution is -2.16. The minimum Gasteiger partial charge on any atom is -0.408 e. The van der Waals surface area contributed by atoms with Gasteiger partial charge in [0.05, 0.1) is 5.52 Å². The van der Waals surface area contributed by atoms with Gasteiger partial charge in [-0.3, -0.25) is 4.98 Å². The van der Waals surface area contributed by atoms with E-state index < -0.39 is 13.8 Å². The molecule has 0 amide bonds. The first kappa shape index (κ1) is 10.8. The molecule has 3 nitrogen and oxygen atoms in total. The Morgan fingerprint density at radius 1 is 1.31 bits per heavy atom. The molecule has 1 heterocycles. The topological polar surface area (TPSA) is 46.0 Å². The van der Waals surface area contributed by atoms with E-state index in [2.05, 4.69) is 36.1 Å². The van der Waals surface area contributed by atoms with E-state index in [0.717, 1.165) is 5.56 Å². The average molecular weight is 231 g/mol. The summed E-state index contributed by atoms with van der Waals surface area (Å²) in [7, 11) is -1.36. The van der Waals surface area contributed by atoms with Gasteiger partial charge in [0.2, 0.25) is 0 Å². The maximum atomic E-state index is 11.0. The highest BCUT2D eigenvalue weighted by atomic mass is 28.3. The Bertz CT molecular complexity index is 635. The number of benzene rings is 1. The van der Waals surface area contributed by atoms with Gasteiger partial charge < -0.3 is 4.42 Å². The van der Waals surface area contributed by atoms with Crippen molar-refractivity contribution >= 4 is 19.2 Å². The second-order valence-electron chi connectivity index (χ2n) is 4.73. The second-order valence-corrected chi connectivity index (χ2v) is 9.48. The molecule has 0 saturated heterocycles. The van der Waals surface area contributed by atoms with Crippen molar-refractivity contribution in [3.05, 3.63) is 34.3 Å². The number of hydrogen-bond donors (Lipinski definition) is 1. The van der Waals surface area contributed by atoms with Crippen molar-refractivity contribution in [3.8, 4) is 11.5 Å². The molecular formula is C12H13NO2Si. The standard InChI is InChI=1S/C12H13NO2Si/c1-16(2,3)7-6-9-4-5-11-10(8-9)13-12(14)15-11/h4-5,8H,1-3H3,(H,13,14). The van der Waals surface area contributed by atoms with E-state index in [0.29, 0.717) is 11.1 Å². The molecule has 0 aliphatic heterocycles. The minimum absolute atomic E-state index is 0.426.